The van der Waals surface area contributed by atoms with Crippen molar-refractivity contribution in [3.63, 3.8) is 0 Å². The van der Waals surface area contributed by atoms with Gasteiger partial charge in [0.15, 0.2) is 5.65 Å². The second-order valence-corrected chi connectivity index (χ2v) is 13.0. The van der Waals surface area contributed by atoms with Crippen molar-refractivity contribution in [2.24, 2.45) is 5.92 Å². The lowest BCUT2D eigenvalue weighted by molar-refractivity contribution is -0.134. The summed E-state index contributed by atoms with van der Waals surface area (Å²) in [6, 6.07) is -0.0711. The van der Waals surface area contributed by atoms with Crippen LogP contribution in [0.5, 0.6) is 0 Å². The molecule has 200 valence electrons. The van der Waals surface area contributed by atoms with Gasteiger partial charge in [-0.15, -0.1) is 11.3 Å². The smallest absolute Gasteiger partial charge is 0.240 e. The topological polar surface area (TPSA) is 78.3 Å². The molecule has 5 atom stereocenters. The predicted octanol–water partition coefficient (Wildman–Crippen LogP) is 5.39. The minimum Gasteiger partial charge on any atom is -0.346 e. The Labute approximate surface area is 225 Å². The fraction of sp³-hybridized carbons (Fsp3) is 0.552. The molecule has 0 spiro atoms. The van der Waals surface area contributed by atoms with Crippen molar-refractivity contribution in [2.45, 2.75) is 84.0 Å². The summed E-state index contributed by atoms with van der Waals surface area (Å²) < 4.78 is 15.6. The maximum absolute atomic E-state index is 13.7. The number of amides is 1. The molecule has 7 nitrogen and oxygen atoms in total. The van der Waals surface area contributed by atoms with E-state index in [-0.39, 0.29) is 18.0 Å². The Hall–Kier alpha value is -2.78. The quantitative estimate of drug-likeness (QED) is 0.368. The van der Waals surface area contributed by atoms with Gasteiger partial charge in [-0.3, -0.25) is 4.79 Å². The minimum atomic E-state index is -0.904. The van der Waals surface area contributed by atoms with Crippen LogP contribution in [-0.4, -0.2) is 61.7 Å². The van der Waals surface area contributed by atoms with Crippen LogP contribution in [0, 0.1) is 26.7 Å². The van der Waals surface area contributed by atoms with Crippen molar-refractivity contribution in [1.29, 1.82) is 0 Å². The summed E-state index contributed by atoms with van der Waals surface area (Å²) in [7, 11) is 0. The molecule has 4 aromatic rings. The zero-order chi connectivity index (χ0) is 26.5. The Kier molecular flexibility index (Phi) is 5.50. The first kappa shape index (κ1) is 24.3. The van der Waals surface area contributed by atoms with Gasteiger partial charge in [0.2, 0.25) is 5.91 Å². The molecule has 0 aromatic carbocycles. The van der Waals surface area contributed by atoms with Crippen molar-refractivity contribution < 1.29 is 9.18 Å². The van der Waals surface area contributed by atoms with Crippen LogP contribution in [0.3, 0.4) is 0 Å². The van der Waals surface area contributed by atoms with Gasteiger partial charge in [-0.1, -0.05) is 13.8 Å². The standard InChI is InChI=1S/C29H35FN6OS/c1-13(2)23-24-16(5)26(20-8-19-6-17(20)10-35(19)29(37)22-7-18(30)9-31-22)38-28(24)34-25(23)21-11-36-27(32-12-33-36)15(4)14(21)3/h11-13,17-20,22,31,34H,6-10H2,1-5H3/t17-,18+,19-,20+,22-/m0/s1. The monoisotopic (exact) mass is 534 g/mol. The molecular formula is C29H35FN6OS. The number of pyridine rings is 1. The molecule has 0 unspecified atom stereocenters. The Bertz CT molecular complexity index is 1580. The highest BCUT2D eigenvalue weighted by Gasteiger charge is 2.49. The summed E-state index contributed by atoms with van der Waals surface area (Å²) in [5.41, 5.74) is 8.41. The number of carbonyl (C=O) groups excluding carboxylic acids is 1. The van der Waals surface area contributed by atoms with Crippen LogP contribution in [0.25, 0.3) is 27.1 Å². The highest BCUT2D eigenvalue weighted by molar-refractivity contribution is 7.19. The molecule has 38 heavy (non-hydrogen) atoms. The van der Waals surface area contributed by atoms with E-state index in [4.69, 9.17) is 0 Å². The second kappa shape index (κ2) is 8.61. The van der Waals surface area contributed by atoms with E-state index in [0.29, 0.717) is 30.7 Å². The number of hydrogen-bond acceptors (Lipinski definition) is 5. The van der Waals surface area contributed by atoms with Gasteiger partial charge in [0.25, 0.3) is 0 Å². The van der Waals surface area contributed by atoms with Crippen molar-refractivity contribution in [3.05, 3.63) is 39.7 Å². The summed E-state index contributed by atoms with van der Waals surface area (Å²) >= 11 is 1.90. The van der Waals surface area contributed by atoms with Crippen LogP contribution < -0.4 is 5.32 Å². The van der Waals surface area contributed by atoms with Crippen LogP contribution in [0.1, 0.15) is 72.1 Å². The van der Waals surface area contributed by atoms with E-state index in [0.717, 1.165) is 30.6 Å². The first-order valence-corrected chi connectivity index (χ1v) is 14.7. The number of thiophene rings is 1. The molecule has 2 bridgehead atoms. The van der Waals surface area contributed by atoms with Gasteiger partial charge in [0, 0.05) is 53.5 Å². The summed E-state index contributed by atoms with van der Waals surface area (Å²) in [6.07, 6.45) is 5.20. The molecule has 1 saturated carbocycles. The molecule has 1 amide bonds. The van der Waals surface area contributed by atoms with E-state index >= 15 is 0 Å². The predicted molar refractivity (Wildman–Crippen MR) is 149 cm³/mol. The zero-order valence-electron chi connectivity index (χ0n) is 22.6. The number of carbonyl (C=O) groups is 1. The lowest BCUT2D eigenvalue weighted by Gasteiger charge is -2.33. The highest BCUT2D eigenvalue weighted by atomic mass is 32.1. The normalized spacial score (nSPS) is 27.1. The van der Waals surface area contributed by atoms with Crippen LogP contribution in [-0.2, 0) is 4.79 Å². The molecule has 3 fully saturated rings. The summed E-state index contributed by atoms with van der Waals surface area (Å²) in [4.78, 5) is 26.1. The van der Waals surface area contributed by atoms with Gasteiger partial charge in [-0.25, -0.2) is 13.9 Å². The molecule has 4 aromatic heterocycles. The lowest BCUT2D eigenvalue weighted by Crippen LogP contribution is -2.47. The van der Waals surface area contributed by atoms with Gasteiger partial charge < -0.3 is 15.2 Å². The van der Waals surface area contributed by atoms with Gasteiger partial charge in [-0.2, -0.15) is 5.10 Å². The first-order chi connectivity index (χ1) is 18.2. The largest absolute Gasteiger partial charge is 0.346 e. The second-order valence-electron chi connectivity index (χ2n) is 12.0. The van der Waals surface area contributed by atoms with E-state index in [1.807, 2.05) is 15.9 Å². The molecule has 0 radical (unpaired) electrons. The Morgan fingerprint density at radius 3 is 2.66 bits per heavy atom. The molecule has 2 aliphatic heterocycles. The van der Waals surface area contributed by atoms with Crippen molar-refractivity contribution >= 4 is 33.1 Å². The molecule has 2 N–H and O–H groups in total. The molecule has 6 heterocycles. The number of nitrogens with one attached hydrogen (secondary N) is 2. The Balaban J connectivity index is 1.23. The number of aryl methyl sites for hydroxylation is 2. The minimum absolute atomic E-state index is 0.104. The fourth-order valence-corrected chi connectivity index (χ4v) is 8.91. The molecule has 7 rings (SSSR count). The number of alkyl halides is 1. The van der Waals surface area contributed by atoms with E-state index < -0.39 is 6.17 Å². The van der Waals surface area contributed by atoms with Gasteiger partial charge >= 0.3 is 0 Å². The number of fused-ring (bicyclic) bond motifs is 4. The SMILES string of the molecule is Cc1c(-c2[nH]c3sc([C@@H]4C[C@@H]5C[C@H]4CN5C(=O)[C@@H]4C[C@@H](F)CN4)c(C)c3c2C(C)C)cn2ncnc2c1C. The van der Waals surface area contributed by atoms with E-state index in [1.165, 1.54) is 43.0 Å². The van der Waals surface area contributed by atoms with Crippen LogP contribution in [0.4, 0.5) is 4.39 Å². The third-order valence-corrected chi connectivity index (χ3v) is 10.8. The van der Waals surface area contributed by atoms with Crippen molar-refractivity contribution in [1.82, 2.24) is 29.8 Å². The maximum atomic E-state index is 13.7. The molecular weight excluding hydrogens is 499 g/mol. The van der Waals surface area contributed by atoms with Gasteiger partial charge in [-0.05, 0) is 67.7 Å². The maximum Gasteiger partial charge on any atom is 0.240 e. The average Bonchev–Trinajstić information content (AvgIpc) is 3.71. The average molecular weight is 535 g/mol. The first-order valence-electron chi connectivity index (χ1n) is 13.9. The Morgan fingerprint density at radius 2 is 1.97 bits per heavy atom. The number of H-pyrrole nitrogens is 1. The lowest BCUT2D eigenvalue weighted by atomic mass is 9.88. The van der Waals surface area contributed by atoms with Gasteiger partial charge in [0.1, 0.15) is 17.3 Å². The number of piperidine rings is 1. The van der Waals surface area contributed by atoms with Crippen molar-refractivity contribution in [2.75, 3.05) is 13.1 Å². The van der Waals surface area contributed by atoms with Gasteiger partial charge in [0.05, 0.1) is 11.7 Å². The highest BCUT2D eigenvalue weighted by Crippen LogP contribution is 2.53. The number of hydrogen-bond donors (Lipinski definition) is 2. The zero-order valence-corrected chi connectivity index (χ0v) is 23.5. The van der Waals surface area contributed by atoms with Crippen LogP contribution >= 0.6 is 11.3 Å². The Morgan fingerprint density at radius 1 is 1.16 bits per heavy atom. The number of aromatic amines is 1. The third kappa shape index (κ3) is 3.43. The number of halogens is 1. The summed E-state index contributed by atoms with van der Waals surface area (Å²) in [5, 5.41) is 8.87. The number of aromatic nitrogens is 4. The number of rotatable bonds is 4. The molecule has 9 heteroatoms. The van der Waals surface area contributed by atoms with E-state index in [2.05, 4.69) is 66.1 Å². The van der Waals surface area contributed by atoms with Crippen LogP contribution in [0.2, 0.25) is 0 Å². The van der Waals surface area contributed by atoms with Crippen molar-refractivity contribution in [3.8, 4) is 11.3 Å². The number of likely N-dealkylation sites (tertiary alicyclic amines) is 1. The van der Waals surface area contributed by atoms with E-state index in [1.54, 1.807) is 6.33 Å². The third-order valence-electron chi connectivity index (χ3n) is 9.47. The summed E-state index contributed by atoms with van der Waals surface area (Å²) in [5.74, 6) is 1.43. The van der Waals surface area contributed by atoms with E-state index in [9.17, 15) is 9.18 Å². The fourth-order valence-electron chi connectivity index (χ4n) is 7.47. The molecule has 1 aliphatic carbocycles. The number of nitrogens with zero attached hydrogens (tertiary/aromatic N) is 4. The summed E-state index contributed by atoms with van der Waals surface area (Å²) in [6.45, 7) is 12.2. The van der Waals surface area contributed by atoms with Crippen LogP contribution in [0.15, 0.2) is 12.5 Å². The molecule has 2 saturated heterocycles. The molecule has 3 aliphatic rings.